The molecule has 140 valence electrons. The van der Waals surface area contributed by atoms with Crippen molar-refractivity contribution >= 4 is 26.8 Å². The van der Waals surface area contributed by atoms with Gasteiger partial charge in [0.05, 0.1) is 24.5 Å². The second kappa shape index (κ2) is 7.63. The van der Waals surface area contributed by atoms with Crippen LogP contribution in [0, 0.1) is 5.92 Å². The number of rotatable bonds is 5. The third-order valence-corrected chi connectivity index (χ3v) is 6.61. The maximum absolute atomic E-state index is 13.3. The number of piperidine rings is 1. The predicted octanol–water partition coefficient (Wildman–Crippen LogP) is 2.81. The van der Waals surface area contributed by atoms with Gasteiger partial charge in [-0.25, -0.2) is 8.42 Å². The van der Waals surface area contributed by atoms with Gasteiger partial charge in [-0.05, 0) is 31.9 Å². The molecule has 0 aromatic heterocycles. The lowest BCUT2D eigenvalue weighted by atomic mass is 10.0. The lowest BCUT2D eigenvalue weighted by molar-refractivity contribution is -0.149. The van der Waals surface area contributed by atoms with Gasteiger partial charge in [0.1, 0.15) is 5.75 Å². The van der Waals surface area contributed by atoms with Crippen LogP contribution in [-0.2, 0) is 19.6 Å². The van der Waals surface area contributed by atoms with Crippen LogP contribution in [-0.4, -0.2) is 45.5 Å². The topological polar surface area (TPSA) is 72.9 Å². The number of methoxy groups -OCH3 is 1. The summed E-state index contributed by atoms with van der Waals surface area (Å²) in [5, 5.41) is 1.36. The van der Waals surface area contributed by atoms with Crippen LogP contribution in [0.3, 0.4) is 0 Å². The molecular weight excluding hydrogens is 354 g/mol. The molecule has 0 bridgehead atoms. The number of ether oxygens (including phenoxy) is 2. The lowest BCUT2D eigenvalue weighted by Gasteiger charge is -2.31. The Morgan fingerprint density at radius 1 is 1.19 bits per heavy atom. The van der Waals surface area contributed by atoms with E-state index in [1.54, 1.807) is 38.3 Å². The third kappa shape index (κ3) is 3.41. The van der Waals surface area contributed by atoms with Crippen molar-refractivity contribution in [3.05, 3.63) is 36.4 Å². The van der Waals surface area contributed by atoms with E-state index in [0.29, 0.717) is 37.1 Å². The summed E-state index contributed by atoms with van der Waals surface area (Å²) in [4.78, 5) is 12.3. The Morgan fingerprint density at radius 2 is 1.92 bits per heavy atom. The van der Waals surface area contributed by atoms with Crippen LogP contribution in [0.15, 0.2) is 41.3 Å². The quantitative estimate of drug-likeness (QED) is 0.749. The summed E-state index contributed by atoms with van der Waals surface area (Å²) in [5.74, 6) is -0.113. The summed E-state index contributed by atoms with van der Waals surface area (Å²) in [6.07, 6.45) is 1.28. The molecule has 0 N–H and O–H groups in total. The van der Waals surface area contributed by atoms with Crippen LogP contribution in [0.1, 0.15) is 19.8 Å². The average molecular weight is 377 g/mol. The first kappa shape index (κ1) is 18.7. The first-order valence-corrected chi connectivity index (χ1v) is 10.2. The largest absolute Gasteiger partial charge is 0.496 e. The molecule has 3 rings (SSSR count). The van der Waals surface area contributed by atoms with E-state index in [2.05, 4.69) is 0 Å². The van der Waals surface area contributed by atoms with Gasteiger partial charge in [-0.1, -0.05) is 24.3 Å². The fourth-order valence-corrected chi connectivity index (χ4v) is 5.12. The highest BCUT2D eigenvalue weighted by atomic mass is 32.2. The molecule has 6 nitrogen and oxygen atoms in total. The van der Waals surface area contributed by atoms with Crippen molar-refractivity contribution in [2.45, 2.75) is 24.7 Å². The highest BCUT2D eigenvalue weighted by molar-refractivity contribution is 7.89. The molecule has 7 heteroatoms. The van der Waals surface area contributed by atoms with E-state index >= 15 is 0 Å². The molecule has 1 saturated heterocycles. The van der Waals surface area contributed by atoms with Gasteiger partial charge in [-0.2, -0.15) is 4.31 Å². The van der Waals surface area contributed by atoms with Crippen LogP contribution in [0.25, 0.3) is 10.8 Å². The molecule has 0 aliphatic carbocycles. The molecule has 26 heavy (non-hydrogen) atoms. The van der Waals surface area contributed by atoms with Crippen LogP contribution in [0.2, 0.25) is 0 Å². The summed E-state index contributed by atoms with van der Waals surface area (Å²) in [5.41, 5.74) is 0. The predicted molar refractivity (Wildman–Crippen MR) is 98.6 cm³/mol. The Bertz CT molecular complexity index is 909. The van der Waals surface area contributed by atoms with E-state index < -0.39 is 15.9 Å². The number of esters is 1. The van der Waals surface area contributed by atoms with Crippen LogP contribution in [0.5, 0.6) is 5.75 Å². The fraction of sp³-hybridized carbons (Fsp3) is 0.421. The maximum Gasteiger partial charge on any atom is 0.310 e. The Kier molecular flexibility index (Phi) is 5.48. The van der Waals surface area contributed by atoms with Gasteiger partial charge in [0, 0.05) is 23.9 Å². The van der Waals surface area contributed by atoms with E-state index in [-0.39, 0.29) is 17.4 Å². The SMILES string of the molecule is CCOC(=O)[C@@H]1CCCN(S(=O)(=O)c2ccc(OC)c3ccccc23)C1. The minimum absolute atomic E-state index is 0.154. The van der Waals surface area contributed by atoms with E-state index in [0.717, 1.165) is 5.39 Å². The van der Waals surface area contributed by atoms with E-state index in [9.17, 15) is 13.2 Å². The van der Waals surface area contributed by atoms with Crippen LogP contribution < -0.4 is 4.74 Å². The highest BCUT2D eigenvalue weighted by Gasteiger charge is 2.34. The number of sulfonamides is 1. The molecule has 2 aromatic carbocycles. The smallest absolute Gasteiger partial charge is 0.310 e. The molecule has 0 saturated carbocycles. The van der Waals surface area contributed by atoms with Gasteiger partial charge in [-0.3, -0.25) is 4.79 Å². The lowest BCUT2D eigenvalue weighted by Crippen LogP contribution is -2.42. The van der Waals surface area contributed by atoms with Crippen molar-refractivity contribution < 1.29 is 22.7 Å². The first-order chi connectivity index (χ1) is 12.5. The molecule has 1 atom stereocenters. The monoisotopic (exact) mass is 377 g/mol. The normalized spacial score (nSPS) is 18.6. The molecule has 1 fully saturated rings. The molecular formula is C19H23NO5S. The molecule has 2 aromatic rings. The average Bonchev–Trinajstić information content (AvgIpc) is 2.67. The van der Waals surface area contributed by atoms with Gasteiger partial charge in [0.2, 0.25) is 10.0 Å². The first-order valence-electron chi connectivity index (χ1n) is 8.71. The zero-order chi connectivity index (χ0) is 18.7. The Labute approximate surface area is 153 Å². The minimum Gasteiger partial charge on any atom is -0.496 e. The second-order valence-electron chi connectivity index (χ2n) is 6.27. The summed E-state index contributed by atoms with van der Waals surface area (Å²) in [6, 6.07) is 10.5. The maximum atomic E-state index is 13.3. The molecule has 0 spiro atoms. The Hall–Kier alpha value is -2.12. The Balaban J connectivity index is 1.98. The second-order valence-corrected chi connectivity index (χ2v) is 8.17. The van der Waals surface area contributed by atoms with Gasteiger partial charge in [-0.15, -0.1) is 0 Å². The van der Waals surface area contributed by atoms with Crippen molar-refractivity contribution in [1.82, 2.24) is 4.31 Å². The van der Waals surface area contributed by atoms with Crippen molar-refractivity contribution in [2.75, 3.05) is 26.8 Å². The summed E-state index contributed by atoms with van der Waals surface area (Å²) >= 11 is 0. The molecule has 0 amide bonds. The van der Waals surface area contributed by atoms with Gasteiger partial charge in [0.15, 0.2) is 0 Å². The van der Waals surface area contributed by atoms with E-state index in [1.807, 2.05) is 12.1 Å². The number of fused-ring (bicyclic) bond motifs is 1. The third-order valence-electron chi connectivity index (χ3n) is 4.69. The van der Waals surface area contributed by atoms with Gasteiger partial charge < -0.3 is 9.47 Å². The molecule has 1 aliphatic heterocycles. The number of hydrogen-bond donors (Lipinski definition) is 0. The summed E-state index contributed by atoms with van der Waals surface area (Å²) < 4.78 is 38.3. The van der Waals surface area contributed by atoms with Gasteiger partial charge in [0.25, 0.3) is 0 Å². The fourth-order valence-electron chi connectivity index (χ4n) is 3.40. The van der Waals surface area contributed by atoms with E-state index in [4.69, 9.17) is 9.47 Å². The summed E-state index contributed by atoms with van der Waals surface area (Å²) in [6.45, 7) is 2.60. The van der Waals surface area contributed by atoms with Crippen molar-refractivity contribution in [2.24, 2.45) is 5.92 Å². The number of carbonyl (C=O) groups is 1. The molecule has 0 radical (unpaired) electrons. The van der Waals surface area contributed by atoms with E-state index in [1.165, 1.54) is 4.31 Å². The van der Waals surface area contributed by atoms with Crippen LogP contribution >= 0.6 is 0 Å². The molecule has 1 heterocycles. The highest BCUT2D eigenvalue weighted by Crippen LogP contribution is 2.33. The number of carbonyl (C=O) groups excluding carboxylic acids is 1. The zero-order valence-corrected chi connectivity index (χ0v) is 15.8. The number of hydrogen-bond acceptors (Lipinski definition) is 5. The molecule has 0 unspecified atom stereocenters. The van der Waals surface area contributed by atoms with Crippen molar-refractivity contribution in [3.63, 3.8) is 0 Å². The van der Waals surface area contributed by atoms with Crippen molar-refractivity contribution in [1.29, 1.82) is 0 Å². The Morgan fingerprint density at radius 3 is 2.62 bits per heavy atom. The van der Waals surface area contributed by atoms with Gasteiger partial charge >= 0.3 is 5.97 Å². The van der Waals surface area contributed by atoms with Crippen LogP contribution in [0.4, 0.5) is 0 Å². The standard InChI is InChI=1S/C19H23NO5S/c1-3-25-19(21)14-7-6-12-20(13-14)26(22,23)18-11-10-17(24-2)15-8-4-5-9-16(15)18/h4-5,8-11,14H,3,6-7,12-13H2,1-2H3/t14-/m1/s1. The zero-order valence-electron chi connectivity index (χ0n) is 15.0. The number of nitrogens with zero attached hydrogens (tertiary/aromatic N) is 1. The summed E-state index contributed by atoms with van der Waals surface area (Å²) in [7, 11) is -2.16. The van der Waals surface area contributed by atoms with Crippen molar-refractivity contribution in [3.8, 4) is 5.75 Å². The minimum atomic E-state index is -3.72. The molecule has 1 aliphatic rings. The number of benzene rings is 2.